The molecule has 20 heavy (non-hydrogen) atoms. The van der Waals surface area contributed by atoms with Crippen molar-refractivity contribution in [2.45, 2.75) is 44.3 Å². The lowest BCUT2D eigenvalue weighted by atomic mass is 9.78. The molecule has 1 aromatic carbocycles. The first-order valence-corrected chi connectivity index (χ1v) is 9.54. The third-order valence-electron chi connectivity index (χ3n) is 4.72. The van der Waals surface area contributed by atoms with E-state index in [0.717, 1.165) is 6.61 Å². The Bertz CT molecular complexity index is 532. The van der Waals surface area contributed by atoms with Crippen LogP contribution in [0.15, 0.2) is 34.1 Å². The van der Waals surface area contributed by atoms with Crippen LogP contribution in [0.4, 0.5) is 0 Å². The molecule has 1 saturated heterocycles. The third kappa shape index (κ3) is 2.24. The van der Waals surface area contributed by atoms with Gasteiger partial charge >= 0.3 is 0 Å². The average Bonchev–Trinajstić information content (AvgIpc) is 2.88. The van der Waals surface area contributed by atoms with Crippen LogP contribution < -0.4 is 0 Å². The standard InChI is InChI=1S/C17H20OS2/c1-2-5-15-14(4-1)12-18-17(15)8-6-13(7-9-17)16-19-10-3-11-20-16/h1-2,4-5H,3,6-12H2. The van der Waals surface area contributed by atoms with E-state index in [1.165, 1.54) is 54.7 Å². The second kappa shape index (κ2) is 5.43. The number of hydrogen-bond acceptors (Lipinski definition) is 3. The first kappa shape index (κ1) is 13.3. The van der Waals surface area contributed by atoms with Crippen LogP contribution in [0, 0.1) is 0 Å². The van der Waals surface area contributed by atoms with E-state index in [0.29, 0.717) is 0 Å². The van der Waals surface area contributed by atoms with E-state index in [-0.39, 0.29) is 5.60 Å². The molecule has 1 saturated carbocycles. The Morgan fingerprint density at radius 3 is 2.55 bits per heavy atom. The highest BCUT2D eigenvalue weighted by Crippen LogP contribution is 2.50. The van der Waals surface area contributed by atoms with Crippen LogP contribution in [0.25, 0.3) is 0 Å². The number of fused-ring (bicyclic) bond motifs is 2. The second-order valence-corrected chi connectivity index (χ2v) is 8.35. The monoisotopic (exact) mass is 304 g/mol. The molecule has 0 aromatic heterocycles. The summed E-state index contributed by atoms with van der Waals surface area (Å²) in [4.78, 5) is 0. The zero-order valence-corrected chi connectivity index (χ0v) is 13.3. The predicted molar refractivity (Wildman–Crippen MR) is 87.9 cm³/mol. The Morgan fingerprint density at radius 2 is 1.75 bits per heavy atom. The highest BCUT2D eigenvalue weighted by molar-refractivity contribution is 8.22. The van der Waals surface area contributed by atoms with Crippen LogP contribution in [-0.2, 0) is 16.9 Å². The van der Waals surface area contributed by atoms with Crippen molar-refractivity contribution >= 4 is 23.5 Å². The molecule has 2 heterocycles. The lowest BCUT2D eigenvalue weighted by Crippen LogP contribution is -2.29. The number of hydrogen-bond donors (Lipinski definition) is 0. The number of thioether (sulfide) groups is 2. The highest BCUT2D eigenvalue weighted by Gasteiger charge is 2.42. The van der Waals surface area contributed by atoms with Crippen molar-refractivity contribution < 1.29 is 4.74 Å². The van der Waals surface area contributed by atoms with Gasteiger partial charge in [-0.25, -0.2) is 0 Å². The van der Waals surface area contributed by atoms with Crippen LogP contribution in [0.5, 0.6) is 0 Å². The van der Waals surface area contributed by atoms with Crippen LogP contribution in [0.1, 0.15) is 43.2 Å². The molecular formula is C17H20OS2. The summed E-state index contributed by atoms with van der Waals surface area (Å²) in [6.45, 7) is 0.811. The second-order valence-electron chi connectivity index (χ2n) is 5.88. The van der Waals surface area contributed by atoms with Gasteiger partial charge in [0, 0.05) is 4.24 Å². The van der Waals surface area contributed by atoms with Gasteiger partial charge in [0.2, 0.25) is 0 Å². The SMILES string of the molecule is c1ccc2c(c1)COC21CCC(=C2SCCCS2)CC1. The quantitative estimate of drug-likeness (QED) is 0.662. The summed E-state index contributed by atoms with van der Waals surface area (Å²) in [5, 5.41) is 0. The van der Waals surface area contributed by atoms with Gasteiger partial charge in [-0.1, -0.05) is 24.3 Å². The Balaban J connectivity index is 1.55. The van der Waals surface area contributed by atoms with Crippen molar-refractivity contribution in [1.29, 1.82) is 0 Å². The molecular weight excluding hydrogens is 284 g/mol. The molecule has 1 aliphatic carbocycles. The topological polar surface area (TPSA) is 9.23 Å². The summed E-state index contributed by atoms with van der Waals surface area (Å²) in [5.74, 6) is 2.63. The fourth-order valence-corrected chi connectivity index (χ4v) is 6.37. The van der Waals surface area contributed by atoms with Crippen molar-refractivity contribution in [1.82, 2.24) is 0 Å². The van der Waals surface area contributed by atoms with Gasteiger partial charge in [-0.15, -0.1) is 23.5 Å². The van der Waals surface area contributed by atoms with Crippen LogP contribution in [-0.4, -0.2) is 11.5 Å². The van der Waals surface area contributed by atoms with Crippen LogP contribution in [0.2, 0.25) is 0 Å². The van der Waals surface area contributed by atoms with Gasteiger partial charge in [0.25, 0.3) is 0 Å². The molecule has 0 unspecified atom stereocenters. The molecule has 1 aromatic rings. The van der Waals surface area contributed by atoms with E-state index in [4.69, 9.17) is 4.74 Å². The van der Waals surface area contributed by atoms with E-state index in [2.05, 4.69) is 47.8 Å². The molecule has 0 atom stereocenters. The van der Waals surface area contributed by atoms with Gasteiger partial charge in [-0.3, -0.25) is 0 Å². The highest BCUT2D eigenvalue weighted by atomic mass is 32.2. The Kier molecular flexibility index (Phi) is 3.61. The Hall–Kier alpha value is -0.380. The van der Waals surface area contributed by atoms with Gasteiger partial charge < -0.3 is 4.74 Å². The maximum Gasteiger partial charge on any atom is 0.0945 e. The smallest absolute Gasteiger partial charge is 0.0945 e. The molecule has 1 nitrogen and oxygen atoms in total. The summed E-state index contributed by atoms with van der Waals surface area (Å²) < 4.78 is 7.89. The molecule has 2 aliphatic heterocycles. The molecule has 2 fully saturated rings. The van der Waals surface area contributed by atoms with Crippen LogP contribution in [0.3, 0.4) is 0 Å². The molecule has 3 heteroatoms. The maximum absolute atomic E-state index is 6.25. The zero-order valence-electron chi connectivity index (χ0n) is 11.7. The predicted octanol–water partition coefficient (Wildman–Crippen LogP) is 5.07. The van der Waals surface area contributed by atoms with E-state index < -0.39 is 0 Å². The van der Waals surface area contributed by atoms with Crippen molar-refractivity contribution in [2.75, 3.05) is 11.5 Å². The number of ether oxygens (including phenoxy) is 1. The minimum atomic E-state index is 0.0324. The van der Waals surface area contributed by atoms with Gasteiger partial charge in [0.1, 0.15) is 0 Å². The lowest BCUT2D eigenvalue weighted by molar-refractivity contribution is -0.0571. The molecule has 4 rings (SSSR count). The summed E-state index contributed by atoms with van der Waals surface area (Å²) in [5.41, 5.74) is 4.61. The van der Waals surface area contributed by atoms with Gasteiger partial charge in [0.15, 0.2) is 0 Å². The van der Waals surface area contributed by atoms with E-state index >= 15 is 0 Å². The number of benzene rings is 1. The molecule has 106 valence electrons. The third-order valence-corrected chi connectivity index (χ3v) is 7.51. The molecule has 0 radical (unpaired) electrons. The van der Waals surface area contributed by atoms with E-state index in [1.54, 1.807) is 9.81 Å². The maximum atomic E-state index is 6.25. The van der Waals surface area contributed by atoms with Crippen molar-refractivity contribution in [3.63, 3.8) is 0 Å². The first-order chi connectivity index (χ1) is 9.87. The van der Waals surface area contributed by atoms with Crippen molar-refractivity contribution in [2.24, 2.45) is 0 Å². The fraction of sp³-hybridized carbons (Fsp3) is 0.529. The first-order valence-electron chi connectivity index (χ1n) is 7.57. The summed E-state index contributed by atoms with van der Waals surface area (Å²) in [6.07, 6.45) is 6.16. The summed E-state index contributed by atoms with van der Waals surface area (Å²) in [6, 6.07) is 8.80. The molecule has 0 N–H and O–H groups in total. The van der Waals surface area contributed by atoms with E-state index in [1.807, 2.05) is 0 Å². The van der Waals surface area contributed by atoms with Crippen molar-refractivity contribution in [3.8, 4) is 0 Å². The van der Waals surface area contributed by atoms with Crippen molar-refractivity contribution in [3.05, 3.63) is 45.2 Å². The summed E-state index contributed by atoms with van der Waals surface area (Å²) in [7, 11) is 0. The summed E-state index contributed by atoms with van der Waals surface area (Å²) >= 11 is 4.18. The Morgan fingerprint density at radius 1 is 1.00 bits per heavy atom. The molecule has 3 aliphatic rings. The lowest BCUT2D eigenvalue weighted by Gasteiger charge is -2.35. The Labute approximate surface area is 129 Å². The minimum absolute atomic E-state index is 0.0324. The molecule has 1 spiro atoms. The van der Waals surface area contributed by atoms with E-state index in [9.17, 15) is 0 Å². The fourth-order valence-electron chi connectivity index (χ4n) is 3.59. The molecule has 0 bridgehead atoms. The number of allylic oxidation sites excluding steroid dienone is 1. The van der Waals surface area contributed by atoms with Gasteiger partial charge in [0.05, 0.1) is 12.2 Å². The largest absolute Gasteiger partial charge is 0.366 e. The van der Waals surface area contributed by atoms with Gasteiger partial charge in [-0.05, 0) is 60.3 Å². The zero-order chi connectivity index (χ0) is 13.4. The normalized spacial score (nSPS) is 29.8. The minimum Gasteiger partial charge on any atom is -0.366 e. The average molecular weight is 304 g/mol. The van der Waals surface area contributed by atoms with Gasteiger partial charge in [-0.2, -0.15) is 0 Å². The van der Waals surface area contributed by atoms with Crippen LogP contribution >= 0.6 is 23.5 Å². The molecule has 0 amide bonds. The number of rotatable bonds is 0.